The molecule has 0 amide bonds. The van der Waals surface area contributed by atoms with Crippen LogP contribution >= 0.6 is 22.9 Å². The van der Waals surface area contributed by atoms with Gasteiger partial charge in [-0.25, -0.2) is 18.4 Å². The summed E-state index contributed by atoms with van der Waals surface area (Å²) in [5.41, 5.74) is 1.06. The topological polar surface area (TPSA) is 59.9 Å². The summed E-state index contributed by atoms with van der Waals surface area (Å²) < 4.78 is 22.4. The zero-order valence-electron chi connectivity index (χ0n) is 9.61. The van der Waals surface area contributed by atoms with E-state index < -0.39 is 9.84 Å². The average molecular weight is 291 g/mol. The van der Waals surface area contributed by atoms with Crippen LogP contribution in [0.5, 0.6) is 0 Å². The molecule has 0 N–H and O–H groups in total. The molecule has 0 atom stereocenters. The first-order chi connectivity index (χ1) is 7.78. The molecule has 92 valence electrons. The number of aromatic nitrogens is 2. The molecule has 0 aliphatic carbocycles. The summed E-state index contributed by atoms with van der Waals surface area (Å²) in [6, 6.07) is 0. The van der Waals surface area contributed by atoms with E-state index in [2.05, 4.69) is 9.97 Å². The van der Waals surface area contributed by atoms with Crippen molar-refractivity contribution in [2.75, 3.05) is 6.26 Å². The maximum Gasteiger partial charge on any atom is 0.154 e. The molecule has 0 spiro atoms. The number of sulfone groups is 1. The van der Waals surface area contributed by atoms with E-state index in [0.29, 0.717) is 5.15 Å². The first-order valence-electron chi connectivity index (χ1n) is 4.88. The Bertz CT molecular complexity index is 692. The van der Waals surface area contributed by atoms with Gasteiger partial charge in [-0.2, -0.15) is 0 Å². The second-order valence-corrected chi connectivity index (χ2v) is 7.67. The van der Waals surface area contributed by atoms with Crippen LogP contribution in [0.15, 0.2) is 0 Å². The molecule has 0 unspecified atom stereocenters. The van der Waals surface area contributed by atoms with Gasteiger partial charge in [-0.3, -0.25) is 0 Å². The van der Waals surface area contributed by atoms with Crippen LogP contribution in [0.25, 0.3) is 10.2 Å². The first kappa shape index (κ1) is 12.7. The van der Waals surface area contributed by atoms with Crippen LogP contribution in [0.2, 0.25) is 5.15 Å². The number of nitrogens with zero attached hydrogens (tertiary/aromatic N) is 2. The van der Waals surface area contributed by atoms with E-state index in [1.807, 2.05) is 13.8 Å². The molecule has 2 aromatic rings. The highest BCUT2D eigenvalue weighted by atomic mass is 35.5. The van der Waals surface area contributed by atoms with Gasteiger partial charge in [0.25, 0.3) is 0 Å². The van der Waals surface area contributed by atoms with Crippen molar-refractivity contribution in [3.8, 4) is 0 Å². The van der Waals surface area contributed by atoms with Gasteiger partial charge < -0.3 is 0 Å². The fourth-order valence-corrected chi connectivity index (χ4v) is 3.57. The third-order valence-electron chi connectivity index (χ3n) is 2.42. The lowest BCUT2D eigenvalue weighted by molar-refractivity contribution is 0.600. The number of hydrogen-bond donors (Lipinski definition) is 0. The average Bonchev–Trinajstić information content (AvgIpc) is 2.39. The van der Waals surface area contributed by atoms with Crippen molar-refractivity contribution in [3.63, 3.8) is 0 Å². The summed E-state index contributed by atoms with van der Waals surface area (Å²) >= 11 is 7.57. The van der Waals surface area contributed by atoms with Gasteiger partial charge in [0, 0.05) is 11.1 Å². The van der Waals surface area contributed by atoms with Crippen molar-refractivity contribution >= 4 is 43.0 Å². The number of hydrogen-bond acceptors (Lipinski definition) is 5. The van der Waals surface area contributed by atoms with Gasteiger partial charge >= 0.3 is 0 Å². The third-order valence-corrected chi connectivity index (χ3v) is 4.58. The van der Waals surface area contributed by atoms with Gasteiger partial charge in [-0.05, 0) is 19.4 Å². The van der Waals surface area contributed by atoms with Gasteiger partial charge in [-0.1, -0.05) is 11.6 Å². The molecule has 0 saturated heterocycles. The van der Waals surface area contributed by atoms with Gasteiger partial charge in [0.05, 0.1) is 5.39 Å². The second-order valence-electron chi connectivity index (χ2n) is 3.96. The molecule has 0 aliphatic rings. The standard InChI is InChI=1S/C10H11ClN2O2S2/c1-5-6(2)16-10-8(5)9(11)12-7(13-10)4-17(3,14)15/h4H2,1-3H3. The molecule has 2 heterocycles. The SMILES string of the molecule is Cc1sc2nc(CS(C)(=O)=O)nc(Cl)c2c1C. The van der Waals surface area contributed by atoms with Crippen LogP contribution in [0.4, 0.5) is 0 Å². The Kier molecular flexibility index (Phi) is 3.14. The van der Waals surface area contributed by atoms with Gasteiger partial charge in [0.2, 0.25) is 0 Å². The molecule has 0 bridgehead atoms. The van der Waals surface area contributed by atoms with Crippen molar-refractivity contribution < 1.29 is 8.42 Å². The predicted octanol–water partition coefficient (Wildman–Crippen LogP) is 2.51. The molecule has 7 heteroatoms. The Hall–Kier alpha value is -0.720. The summed E-state index contributed by atoms with van der Waals surface area (Å²) in [5, 5.41) is 1.15. The molecular formula is C10H11ClN2O2S2. The van der Waals surface area contributed by atoms with Crippen LogP contribution in [0.1, 0.15) is 16.3 Å². The highest BCUT2D eigenvalue weighted by Crippen LogP contribution is 2.32. The van der Waals surface area contributed by atoms with Crippen molar-refractivity contribution in [1.82, 2.24) is 9.97 Å². The summed E-state index contributed by atoms with van der Waals surface area (Å²) in [6.07, 6.45) is 1.15. The van der Waals surface area contributed by atoms with E-state index in [-0.39, 0.29) is 11.6 Å². The molecule has 17 heavy (non-hydrogen) atoms. The lowest BCUT2D eigenvalue weighted by Crippen LogP contribution is -2.05. The van der Waals surface area contributed by atoms with E-state index in [1.165, 1.54) is 11.3 Å². The minimum Gasteiger partial charge on any atom is -0.229 e. The number of aryl methyl sites for hydroxylation is 2. The largest absolute Gasteiger partial charge is 0.229 e. The highest BCUT2D eigenvalue weighted by molar-refractivity contribution is 7.89. The molecule has 4 nitrogen and oxygen atoms in total. The van der Waals surface area contributed by atoms with Crippen LogP contribution in [0, 0.1) is 13.8 Å². The molecule has 2 rings (SSSR count). The summed E-state index contributed by atoms with van der Waals surface area (Å²) in [7, 11) is -3.14. The Labute approximate surface area is 109 Å². The quantitative estimate of drug-likeness (QED) is 0.797. The molecule has 0 aromatic carbocycles. The Balaban J connectivity index is 2.64. The van der Waals surface area contributed by atoms with Crippen LogP contribution in [-0.4, -0.2) is 24.6 Å². The maximum atomic E-state index is 11.2. The van der Waals surface area contributed by atoms with Crippen molar-refractivity contribution in [1.29, 1.82) is 0 Å². The van der Waals surface area contributed by atoms with Gasteiger partial charge in [0.15, 0.2) is 9.84 Å². The molecule has 0 radical (unpaired) electrons. The molecular weight excluding hydrogens is 280 g/mol. The normalized spacial score (nSPS) is 12.2. The van der Waals surface area contributed by atoms with Crippen molar-refractivity contribution in [2.45, 2.75) is 19.6 Å². The molecule has 0 fully saturated rings. The molecule has 0 aliphatic heterocycles. The smallest absolute Gasteiger partial charge is 0.154 e. The Morgan fingerprint density at radius 1 is 1.29 bits per heavy atom. The predicted molar refractivity (Wildman–Crippen MR) is 70.4 cm³/mol. The highest BCUT2D eigenvalue weighted by Gasteiger charge is 2.15. The third kappa shape index (κ3) is 2.59. The van der Waals surface area contributed by atoms with Crippen LogP contribution in [0.3, 0.4) is 0 Å². The van der Waals surface area contributed by atoms with Crippen LogP contribution < -0.4 is 0 Å². The van der Waals surface area contributed by atoms with Crippen molar-refractivity contribution in [3.05, 3.63) is 21.4 Å². The fraction of sp³-hybridized carbons (Fsp3) is 0.400. The fourth-order valence-electron chi connectivity index (χ4n) is 1.54. The second kappa shape index (κ2) is 4.19. The Morgan fingerprint density at radius 3 is 2.53 bits per heavy atom. The number of thiophene rings is 1. The Morgan fingerprint density at radius 2 is 1.94 bits per heavy atom. The van der Waals surface area contributed by atoms with E-state index in [9.17, 15) is 8.42 Å². The van der Waals surface area contributed by atoms with E-state index in [4.69, 9.17) is 11.6 Å². The summed E-state index contributed by atoms with van der Waals surface area (Å²) in [5.74, 6) is 0.0739. The lowest BCUT2D eigenvalue weighted by Gasteiger charge is -2.00. The first-order valence-corrected chi connectivity index (χ1v) is 8.13. The van der Waals surface area contributed by atoms with Gasteiger partial charge in [-0.15, -0.1) is 11.3 Å². The maximum absolute atomic E-state index is 11.2. The van der Waals surface area contributed by atoms with Crippen molar-refractivity contribution in [2.24, 2.45) is 0 Å². The summed E-state index contributed by atoms with van der Waals surface area (Å²) in [6.45, 7) is 3.94. The van der Waals surface area contributed by atoms with Gasteiger partial charge in [0.1, 0.15) is 21.6 Å². The lowest BCUT2D eigenvalue weighted by atomic mass is 10.2. The zero-order chi connectivity index (χ0) is 12.8. The number of halogens is 1. The van der Waals surface area contributed by atoms with E-state index in [0.717, 1.165) is 26.9 Å². The van der Waals surface area contributed by atoms with E-state index in [1.54, 1.807) is 0 Å². The van der Waals surface area contributed by atoms with E-state index >= 15 is 0 Å². The molecule has 0 saturated carbocycles. The zero-order valence-corrected chi connectivity index (χ0v) is 12.0. The minimum atomic E-state index is -3.14. The number of rotatable bonds is 2. The number of fused-ring (bicyclic) bond motifs is 1. The minimum absolute atomic E-state index is 0.182. The molecule has 2 aromatic heterocycles. The monoisotopic (exact) mass is 290 g/mol. The van der Waals surface area contributed by atoms with Crippen LogP contribution in [-0.2, 0) is 15.6 Å². The summed E-state index contributed by atoms with van der Waals surface area (Å²) in [4.78, 5) is 10.2.